The van der Waals surface area contributed by atoms with Crippen molar-refractivity contribution in [2.24, 2.45) is 0 Å². The van der Waals surface area contributed by atoms with Gasteiger partial charge in [-0.05, 0) is 57.0 Å². The van der Waals surface area contributed by atoms with Crippen LogP contribution in [0.2, 0.25) is 0 Å². The molecule has 7 rings (SSSR count). The Morgan fingerprint density at radius 3 is 2.73 bits per heavy atom. The lowest BCUT2D eigenvalue weighted by atomic mass is 9.97. The van der Waals surface area contributed by atoms with Gasteiger partial charge in [-0.15, -0.1) is 0 Å². The van der Waals surface area contributed by atoms with Gasteiger partial charge in [0, 0.05) is 55.7 Å². The molecular weight excluding hydrogens is 611 g/mol. The monoisotopic (exact) mass is 646 g/mol. The lowest BCUT2D eigenvalue weighted by Crippen LogP contribution is -2.47. The van der Waals surface area contributed by atoms with Crippen LogP contribution in [0.1, 0.15) is 38.6 Å². The number of aromatic nitrogens is 6. The molecule has 1 fully saturated rings. The average molecular weight is 647 g/mol. The Kier molecular flexibility index (Phi) is 8.10. The Bertz CT molecular complexity index is 2060. The van der Waals surface area contributed by atoms with Gasteiger partial charge < -0.3 is 19.9 Å². The zero-order valence-electron chi connectivity index (χ0n) is 26.8. The molecule has 5 aromatic rings. The van der Waals surface area contributed by atoms with Crippen molar-refractivity contribution in [3.8, 4) is 28.8 Å². The average Bonchev–Trinajstić information content (AvgIpc) is 3.73. The van der Waals surface area contributed by atoms with Crippen molar-refractivity contribution in [3.05, 3.63) is 90.5 Å². The van der Waals surface area contributed by atoms with E-state index in [-0.39, 0.29) is 28.9 Å². The fourth-order valence-electron chi connectivity index (χ4n) is 6.58. The summed E-state index contributed by atoms with van der Waals surface area (Å²) >= 11 is 0. The summed E-state index contributed by atoms with van der Waals surface area (Å²) < 4.78 is 25.3. The Morgan fingerprint density at radius 2 is 1.94 bits per heavy atom. The number of imidazole rings is 1. The Hall–Kier alpha value is -5.61. The third-order valence-electron chi connectivity index (χ3n) is 9.13. The number of hydrogen-bond donors (Lipinski definition) is 1. The highest BCUT2D eigenvalue weighted by atomic mass is 19.1. The minimum Gasteiger partial charge on any atom is -0.457 e. The number of ether oxygens (including phenoxy) is 1. The second-order valence-corrected chi connectivity index (χ2v) is 12.6. The van der Waals surface area contributed by atoms with E-state index in [1.807, 2.05) is 38.2 Å². The number of nitrogen functional groups attached to an aromatic ring is 1. The maximum atomic E-state index is 15.7. The number of amides is 1. The summed E-state index contributed by atoms with van der Waals surface area (Å²) in [5.74, 6) is 1.19. The largest absolute Gasteiger partial charge is 0.457 e. The van der Waals surface area contributed by atoms with Gasteiger partial charge in [-0.1, -0.05) is 18.2 Å². The maximum absolute atomic E-state index is 15.7. The molecule has 2 aliphatic rings. The number of nitriles is 1. The predicted octanol–water partition coefficient (Wildman–Crippen LogP) is 5.11. The molecule has 5 heterocycles. The SMILES string of the molecule is CC(C)(C=C(C#N)C(=O)N1CCC[C@@H](n2nc(-c3ccc(Oc4ccccc4)cc3F)c3c(N)ncnc32)C1)N1CCn2ccnc2C1. The maximum Gasteiger partial charge on any atom is 0.264 e. The molecule has 0 radical (unpaired) electrons. The van der Waals surface area contributed by atoms with Gasteiger partial charge in [0.2, 0.25) is 0 Å². The number of piperidine rings is 1. The van der Waals surface area contributed by atoms with Gasteiger partial charge in [-0.2, -0.15) is 10.4 Å². The zero-order chi connectivity index (χ0) is 33.4. The van der Waals surface area contributed by atoms with E-state index in [9.17, 15) is 10.1 Å². The molecule has 1 saturated heterocycles. The molecular formula is C35H35FN10O2. The minimum absolute atomic E-state index is 0.0898. The third kappa shape index (κ3) is 5.86. The molecule has 1 atom stereocenters. The van der Waals surface area contributed by atoms with Crippen molar-refractivity contribution < 1.29 is 13.9 Å². The zero-order valence-corrected chi connectivity index (χ0v) is 26.8. The molecule has 2 aliphatic heterocycles. The van der Waals surface area contributed by atoms with Crippen molar-refractivity contribution >= 4 is 22.8 Å². The smallest absolute Gasteiger partial charge is 0.264 e. The van der Waals surface area contributed by atoms with Crippen LogP contribution in [0, 0.1) is 17.1 Å². The summed E-state index contributed by atoms with van der Waals surface area (Å²) in [4.78, 5) is 30.8. The number of halogens is 1. The van der Waals surface area contributed by atoms with Crippen molar-refractivity contribution in [3.63, 3.8) is 0 Å². The number of para-hydroxylation sites is 1. The number of benzene rings is 2. The minimum atomic E-state index is -0.555. The molecule has 0 aliphatic carbocycles. The fraction of sp³-hybridized carbons (Fsp3) is 0.314. The molecule has 48 heavy (non-hydrogen) atoms. The molecule has 244 valence electrons. The van der Waals surface area contributed by atoms with Gasteiger partial charge in [0.05, 0.1) is 18.0 Å². The van der Waals surface area contributed by atoms with E-state index < -0.39 is 11.4 Å². The topological polar surface area (TPSA) is 144 Å². The van der Waals surface area contributed by atoms with E-state index in [0.29, 0.717) is 60.7 Å². The summed E-state index contributed by atoms with van der Waals surface area (Å²) in [5.41, 5.74) is 6.83. The summed E-state index contributed by atoms with van der Waals surface area (Å²) in [6.07, 6.45) is 8.26. The summed E-state index contributed by atoms with van der Waals surface area (Å²) in [6, 6.07) is 15.6. The second kappa shape index (κ2) is 12.5. The number of carbonyl (C=O) groups excluding carboxylic acids is 1. The number of rotatable bonds is 7. The molecule has 0 unspecified atom stereocenters. The Balaban J connectivity index is 1.15. The summed E-state index contributed by atoms with van der Waals surface area (Å²) in [6.45, 7) is 7.00. The van der Waals surface area contributed by atoms with Crippen LogP contribution in [0.25, 0.3) is 22.3 Å². The number of hydrogen-bond acceptors (Lipinski definition) is 9. The molecule has 3 aromatic heterocycles. The highest BCUT2D eigenvalue weighted by Crippen LogP contribution is 2.36. The van der Waals surface area contributed by atoms with Crippen LogP contribution in [0.4, 0.5) is 10.2 Å². The molecule has 0 saturated carbocycles. The highest BCUT2D eigenvalue weighted by Gasteiger charge is 2.34. The van der Waals surface area contributed by atoms with E-state index in [2.05, 4.69) is 30.5 Å². The van der Waals surface area contributed by atoms with E-state index in [4.69, 9.17) is 15.6 Å². The number of likely N-dealkylation sites (tertiary alicyclic amines) is 1. The predicted molar refractivity (Wildman–Crippen MR) is 177 cm³/mol. The number of nitrogens with zero attached hydrogens (tertiary/aromatic N) is 9. The van der Waals surface area contributed by atoms with Gasteiger partial charge in [-0.3, -0.25) is 9.69 Å². The second-order valence-electron chi connectivity index (χ2n) is 12.6. The van der Waals surface area contributed by atoms with Crippen LogP contribution in [0.15, 0.2) is 78.9 Å². The fourth-order valence-corrected chi connectivity index (χ4v) is 6.58. The quantitative estimate of drug-likeness (QED) is 0.188. The normalized spacial score (nSPS) is 17.2. The first-order valence-corrected chi connectivity index (χ1v) is 15.9. The number of anilines is 1. The number of carbonyl (C=O) groups is 1. The first-order chi connectivity index (χ1) is 23.2. The summed E-state index contributed by atoms with van der Waals surface area (Å²) in [5, 5.41) is 15.4. The third-order valence-corrected chi connectivity index (χ3v) is 9.13. The van der Waals surface area contributed by atoms with Crippen molar-refractivity contribution in [2.45, 2.75) is 51.4 Å². The molecule has 0 spiro atoms. The first kappa shape index (κ1) is 31.0. The van der Waals surface area contributed by atoms with E-state index >= 15 is 4.39 Å². The summed E-state index contributed by atoms with van der Waals surface area (Å²) in [7, 11) is 0. The van der Waals surface area contributed by atoms with E-state index in [1.165, 1.54) is 12.4 Å². The number of nitrogens with two attached hydrogens (primary N) is 1. The molecule has 2 N–H and O–H groups in total. The van der Waals surface area contributed by atoms with Gasteiger partial charge >= 0.3 is 0 Å². The van der Waals surface area contributed by atoms with Crippen molar-refractivity contribution in [1.29, 1.82) is 5.26 Å². The van der Waals surface area contributed by atoms with Gasteiger partial charge in [0.1, 0.15) is 52.6 Å². The van der Waals surface area contributed by atoms with Crippen LogP contribution < -0.4 is 10.5 Å². The van der Waals surface area contributed by atoms with Crippen LogP contribution in [0.3, 0.4) is 0 Å². The highest BCUT2D eigenvalue weighted by molar-refractivity contribution is 5.99. The van der Waals surface area contributed by atoms with Crippen LogP contribution in [-0.4, -0.2) is 70.2 Å². The molecule has 12 nitrogen and oxygen atoms in total. The Morgan fingerprint density at radius 1 is 1.10 bits per heavy atom. The van der Waals surface area contributed by atoms with Crippen LogP contribution >= 0.6 is 0 Å². The first-order valence-electron chi connectivity index (χ1n) is 15.9. The standard InChI is InChI=1S/C35H35FN10O2/c1-35(2,45-16-15-43-14-12-39-29(43)21-45)18-23(19-37)34(47)44-13-6-7-24(20-44)46-33-30(32(38)40-22-41-33)31(42-46)27-11-10-26(17-28(27)36)48-25-8-4-3-5-9-25/h3-5,8-12,14,17-18,22,24H,6-7,13,15-16,20-21H2,1-2H3,(H2,38,40,41)/t24-/m1/s1. The van der Waals surface area contributed by atoms with E-state index in [1.54, 1.807) is 46.1 Å². The Labute approximate surface area is 276 Å². The molecule has 0 bridgehead atoms. The van der Waals surface area contributed by atoms with Crippen molar-refractivity contribution in [1.82, 2.24) is 39.1 Å². The molecule has 1 amide bonds. The van der Waals surface area contributed by atoms with Gasteiger partial charge in [0.25, 0.3) is 5.91 Å². The van der Waals surface area contributed by atoms with Crippen molar-refractivity contribution in [2.75, 3.05) is 25.4 Å². The lowest BCUT2D eigenvalue weighted by molar-refractivity contribution is -0.128. The van der Waals surface area contributed by atoms with Gasteiger partial charge in [-0.25, -0.2) is 24.0 Å². The lowest BCUT2D eigenvalue weighted by Gasteiger charge is -2.39. The van der Waals surface area contributed by atoms with Gasteiger partial charge in [0.15, 0.2) is 5.65 Å². The van der Waals surface area contributed by atoms with Crippen LogP contribution in [0.5, 0.6) is 11.5 Å². The van der Waals surface area contributed by atoms with Crippen LogP contribution in [-0.2, 0) is 17.9 Å². The molecule has 2 aromatic carbocycles. The van der Waals surface area contributed by atoms with E-state index in [0.717, 1.165) is 18.9 Å². The molecule has 13 heteroatoms. The number of fused-ring (bicyclic) bond motifs is 2.